The number of carbonyl (C=O) groups is 1. The van der Waals surface area contributed by atoms with E-state index < -0.39 is 11.4 Å². The number of ether oxygens (including phenoxy) is 1. The molecule has 2 fully saturated rings. The van der Waals surface area contributed by atoms with Crippen LogP contribution < -0.4 is 4.74 Å². The molecular formula is C14H16O3S. The molecule has 1 saturated carbocycles. The topological polar surface area (TPSA) is 46.5 Å². The van der Waals surface area contributed by atoms with E-state index in [0.717, 1.165) is 36.3 Å². The molecular weight excluding hydrogens is 248 g/mol. The zero-order valence-corrected chi connectivity index (χ0v) is 10.9. The fraction of sp³-hybridized carbons (Fsp3) is 0.500. The predicted molar refractivity (Wildman–Crippen MR) is 71.3 cm³/mol. The lowest BCUT2D eigenvalue weighted by Crippen LogP contribution is -2.19. The number of hydrogen-bond donors (Lipinski definition) is 1. The molecule has 4 heteroatoms. The quantitative estimate of drug-likeness (QED) is 0.908. The molecule has 1 atom stereocenters. The summed E-state index contributed by atoms with van der Waals surface area (Å²) in [6.45, 7) is 0. The second-order valence-electron chi connectivity index (χ2n) is 5.02. The lowest BCUT2D eigenvalue weighted by atomic mass is 9.96. The summed E-state index contributed by atoms with van der Waals surface area (Å²) in [5.74, 6) is 2.38. The van der Waals surface area contributed by atoms with Crippen molar-refractivity contribution >= 4 is 17.7 Å². The molecule has 0 radical (unpaired) electrons. The number of thioether (sulfide) groups is 1. The number of benzene rings is 1. The van der Waals surface area contributed by atoms with Gasteiger partial charge in [-0.25, -0.2) is 0 Å². The first-order valence-corrected chi connectivity index (χ1v) is 7.44. The Morgan fingerprint density at radius 1 is 1.33 bits per heavy atom. The van der Waals surface area contributed by atoms with E-state index in [9.17, 15) is 9.90 Å². The number of carboxylic acid groups (broad SMARTS) is 1. The summed E-state index contributed by atoms with van der Waals surface area (Å²) in [5.41, 5.74) is 0.296. The van der Waals surface area contributed by atoms with E-state index in [1.54, 1.807) is 0 Å². The summed E-state index contributed by atoms with van der Waals surface area (Å²) in [6.07, 6.45) is 2.92. The number of carboxylic acids is 1. The van der Waals surface area contributed by atoms with Gasteiger partial charge in [0.1, 0.15) is 11.9 Å². The summed E-state index contributed by atoms with van der Waals surface area (Å²) >= 11 is 1.92. The predicted octanol–water partition coefficient (Wildman–Crippen LogP) is 2.69. The zero-order chi connectivity index (χ0) is 12.6. The summed E-state index contributed by atoms with van der Waals surface area (Å²) in [7, 11) is 0. The normalized spacial score (nSPS) is 24.8. The number of rotatable bonds is 4. The maximum atomic E-state index is 11.2. The highest BCUT2D eigenvalue weighted by atomic mass is 32.2. The zero-order valence-electron chi connectivity index (χ0n) is 10.1. The van der Waals surface area contributed by atoms with Gasteiger partial charge in [-0.3, -0.25) is 4.79 Å². The van der Waals surface area contributed by atoms with E-state index in [1.807, 2.05) is 36.0 Å². The van der Waals surface area contributed by atoms with Gasteiger partial charge in [0.15, 0.2) is 0 Å². The van der Waals surface area contributed by atoms with Crippen molar-refractivity contribution in [3.05, 3.63) is 29.8 Å². The van der Waals surface area contributed by atoms with E-state index >= 15 is 0 Å². The monoisotopic (exact) mass is 264 g/mol. The van der Waals surface area contributed by atoms with Crippen LogP contribution in [-0.2, 0) is 10.2 Å². The van der Waals surface area contributed by atoms with E-state index in [-0.39, 0.29) is 0 Å². The molecule has 0 aromatic heterocycles. The maximum Gasteiger partial charge on any atom is 0.314 e. The summed E-state index contributed by atoms with van der Waals surface area (Å²) < 4.78 is 5.86. The average Bonchev–Trinajstić information content (AvgIpc) is 3.04. The van der Waals surface area contributed by atoms with Crippen LogP contribution in [0.2, 0.25) is 0 Å². The van der Waals surface area contributed by atoms with Gasteiger partial charge in [-0.1, -0.05) is 12.1 Å². The first kappa shape index (κ1) is 11.9. The van der Waals surface area contributed by atoms with Crippen LogP contribution in [0.15, 0.2) is 24.3 Å². The smallest absolute Gasteiger partial charge is 0.314 e. The van der Waals surface area contributed by atoms with Crippen LogP contribution in [0.4, 0.5) is 0 Å². The number of aliphatic carboxylic acids is 1. The molecule has 0 bridgehead atoms. The van der Waals surface area contributed by atoms with Crippen molar-refractivity contribution < 1.29 is 14.6 Å². The van der Waals surface area contributed by atoms with E-state index in [4.69, 9.17) is 4.74 Å². The Morgan fingerprint density at radius 3 is 2.56 bits per heavy atom. The Hall–Kier alpha value is -1.16. The molecule has 2 aliphatic rings. The third-order valence-corrected chi connectivity index (χ3v) is 4.89. The highest BCUT2D eigenvalue weighted by Gasteiger charge is 2.51. The van der Waals surface area contributed by atoms with Crippen LogP contribution in [0, 0.1) is 0 Å². The van der Waals surface area contributed by atoms with Gasteiger partial charge in [-0.2, -0.15) is 11.8 Å². The highest BCUT2D eigenvalue weighted by Crippen LogP contribution is 2.48. The van der Waals surface area contributed by atoms with Crippen molar-refractivity contribution in [3.63, 3.8) is 0 Å². The van der Waals surface area contributed by atoms with Crippen molar-refractivity contribution in [2.45, 2.75) is 30.8 Å². The van der Waals surface area contributed by atoms with Gasteiger partial charge < -0.3 is 9.84 Å². The van der Waals surface area contributed by atoms with Crippen LogP contribution in [-0.4, -0.2) is 28.7 Å². The van der Waals surface area contributed by atoms with Crippen molar-refractivity contribution in [2.75, 3.05) is 11.5 Å². The van der Waals surface area contributed by atoms with Crippen molar-refractivity contribution in [1.29, 1.82) is 0 Å². The Labute approximate surface area is 111 Å². The molecule has 1 aliphatic heterocycles. The molecule has 1 heterocycles. The molecule has 1 saturated heterocycles. The van der Waals surface area contributed by atoms with E-state index in [0.29, 0.717) is 6.10 Å². The summed E-state index contributed by atoms with van der Waals surface area (Å²) in [5, 5.41) is 9.22. The van der Waals surface area contributed by atoms with Gasteiger partial charge in [0.25, 0.3) is 0 Å². The molecule has 18 heavy (non-hydrogen) atoms. The fourth-order valence-electron chi connectivity index (χ4n) is 2.40. The first-order chi connectivity index (χ1) is 8.71. The molecule has 0 amide bonds. The Balaban J connectivity index is 1.71. The van der Waals surface area contributed by atoms with Gasteiger partial charge in [0.05, 0.1) is 5.41 Å². The number of hydrogen-bond acceptors (Lipinski definition) is 3. The molecule has 1 aliphatic carbocycles. The van der Waals surface area contributed by atoms with Gasteiger partial charge in [-0.05, 0) is 42.7 Å². The Morgan fingerprint density at radius 2 is 2.06 bits per heavy atom. The van der Waals surface area contributed by atoms with Crippen molar-refractivity contribution in [1.82, 2.24) is 0 Å². The molecule has 1 aromatic carbocycles. The summed E-state index contributed by atoms with van der Waals surface area (Å²) in [4.78, 5) is 11.2. The molecule has 1 N–H and O–H groups in total. The van der Waals surface area contributed by atoms with Crippen LogP contribution in [0.25, 0.3) is 0 Å². The van der Waals surface area contributed by atoms with E-state index in [2.05, 4.69) is 0 Å². The Bertz CT molecular complexity index is 445. The molecule has 1 aromatic rings. The fourth-order valence-corrected chi connectivity index (χ4v) is 3.50. The average molecular weight is 264 g/mol. The minimum absolute atomic E-state index is 0.315. The molecule has 3 nitrogen and oxygen atoms in total. The van der Waals surface area contributed by atoms with Gasteiger partial charge in [-0.15, -0.1) is 0 Å². The lowest BCUT2D eigenvalue weighted by Gasteiger charge is -2.14. The molecule has 0 spiro atoms. The minimum atomic E-state index is -0.705. The highest BCUT2D eigenvalue weighted by molar-refractivity contribution is 7.99. The van der Waals surface area contributed by atoms with Crippen LogP contribution >= 0.6 is 11.8 Å². The van der Waals surface area contributed by atoms with Crippen LogP contribution in [0.5, 0.6) is 5.75 Å². The van der Waals surface area contributed by atoms with Crippen LogP contribution in [0.1, 0.15) is 24.8 Å². The summed E-state index contributed by atoms with van der Waals surface area (Å²) in [6, 6.07) is 7.61. The Kier molecular flexibility index (Phi) is 2.98. The first-order valence-electron chi connectivity index (χ1n) is 6.29. The molecule has 96 valence electrons. The largest absolute Gasteiger partial charge is 0.490 e. The van der Waals surface area contributed by atoms with E-state index in [1.165, 1.54) is 5.75 Å². The van der Waals surface area contributed by atoms with Crippen molar-refractivity contribution in [2.24, 2.45) is 0 Å². The second-order valence-corrected chi connectivity index (χ2v) is 6.16. The molecule has 1 unspecified atom stereocenters. The van der Waals surface area contributed by atoms with Gasteiger partial charge in [0.2, 0.25) is 0 Å². The maximum absolute atomic E-state index is 11.2. The van der Waals surface area contributed by atoms with Gasteiger partial charge in [0, 0.05) is 5.75 Å². The third-order valence-electron chi connectivity index (χ3n) is 3.76. The molecule has 3 rings (SSSR count). The van der Waals surface area contributed by atoms with Crippen molar-refractivity contribution in [3.8, 4) is 5.75 Å². The third kappa shape index (κ3) is 2.09. The lowest BCUT2D eigenvalue weighted by molar-refractivity contribution is -0.140. The standard InChI is InChI=1S/C14H16O3S/c15-13(16)14(6-7-14)10-1-3-11(4-2-10)17-12-5-8-18-9-12/h1-4,12H,5-9H2,(H,15,16). The van der Waals surface area contributed by atoms with Gasteiger partial charge >= 0.3 is 5.97 Å². The second kappa shape index (κ2) is 4.50. The minimum Gasteiger partial charge on any atom is -0.490 e. The van der Waals surface area contributed by atoms with Crippen LogP contribution in [0.3, 0.4) is 0 Å². The SMILES string of the molecule is O=C(O)C1(c2ccc(OC3CCSC3)cc2)CC1.